The quantitative estimate of drug-likeness (QED) is 0.336. The molecule has 0 fully saturated rings. The van der Waals surface area contributed by atoms with Gasteiger partial charge in [-0.1, -0.05) is 70.0 Å². The van der Waals surface area contributed by atoms with Crippen molar-refractivity contribution in [1.82, 2.24) is 10.2 Å². The van der Waals surface area contributed by atoms with Crippen LogP contribution >= 0.6 is 27.5 Å². The fourth-order valence-corrected chi connectivity index (χ4v) is 5.76. The molecule has 2 amide bonds. The first-order chi connectivity index (χ1) is 17.8. The lowest BCUT2D eigenvalue weighted by Gasteiger charge is -2.33. The van der Waals surface area contributed by atoms with Crippen molar-refractivity contribution in [3.63, 3.8) is 0 Å². The SMILES string of the molecule is C[C@H](C(=O)NC(C)(C)C)N(Cc1ccccc1Cl)C(=O)CN(c1cccc(Br)c1)S(=O)(=O)c1ccccc1. The average molecular weight is 621 g/mol. The maximum Gasteiger partial charge on any atom is 0.264 e. The third kappa shape index (κ3) is 7.58. The van der Waals surface area contributed by atoms with Crippen molar-refractivity contribution in [3.8, 4) is 0 Å². The van der Waals surface area contributed by atoms with Gasteiger partial charge in [-0.15, -0.1) is 0 Å². The summed E-state index contributed by atoms with van der Waals surface area (Å²) in [4.78, 5) is 28.4. The van der Waals surface area contributed by atoms with Crippen LogP contribution in [0.15, 0.2) is 88.2 Å². The molecule has 0 heterocycles. The molecule has 0 spiro atoms. The van der Waals surface area contributed by atoms with E-state index in [1.807, 2.05) is 20.8 Å². The Balaban J connectivity index is 2.04. The first-order valence-electron chi connectivity index (χ1n) is 12.0. The van der Waals surface area contributed by atoms with E-state index in [2.05, 4.69) is 21.2 Å². The topological polar surface area (TPSA) is 86.8 Å². The van der Waals surface area contributed by atoms with E-state index >= 15 is 0 Å². The van der Waals surface area contributed by atoms with Gasteiger partial charge in [0.1, 0.15) is 12.6 Å². The van der Waals surface area contributed by atoms with Crippen molar-refractivity contribution < 1.29 is 18.0 Å². The van der Waals surface area contributed by atoms with Gasteiger partial charge in [-0.3, -0.25) is 13.9 Å². The normalized spacial score (nSPS) is 12.5. The van der Waals surface area contributed by atoms with E-state index < -0.39 is 34.1 Å². The molecular weight excluding hydrogens is 590 g/mol. The van der Waals surface area contributed by atoms with E-state index in [0.29, 0.717) is 20.7 Å². The van der Waals surface area contributed by atoms with Crippen LogP contribution in [0.4, 0.5) is 5.69 Å². The Kier molecular flexibility index (Phi) is 9.62. The summed E-state index contributed by atoms with van der Waals surface area (Å²) in [6.45, 7) is 6.66. The molecule has 3 aromatic carbocycles. The summed E-state index contributed by atoms with van der Waals surface area (Å²) in [6.07, 6.45) is 0. The molecule has 0 radical (unpaired) electrons. The van der Waals surface area contributed by atoms with E-state index in [-0.39, 0.29) is 17.3 Å². The molecule has 0 unspecified atom stereocenters. The van der Waals surface area contributed by atoms with Gasteiger partial charge in [-0.25, -0.2) is 8.42 Å². The number of benzene rings is 3. The van der Waals surface area contributed by atoms with E-state index in [1.54, 1.807) is 73.7 Å². The van der Waals surface area contributed by atoms with Gasteiger partial charge in [0, 0.05) is 21.6 Å². The van der Waals surface area contributed by atoms with E-state index in [1.165, 1.54) is 17.0 Å². The minimum atomic E-state index is -4.12. The Morgan fingerprint density at radius 3 is 2.21 bits per heavy atom. The zero-order valence-corrected chi connectivity index (χ0v) is 24.8. The predicted octanol–water partition coefficient (Wildman–Crippen LogP) is 5.63. The van der Waals surface area contributed by atoms with Crippen molar-refractivity contribution in [2.75, 3.05) is 10.8 Å². The molecule has 0 aliphatic carbocycles. The lowest BCUT2D eigenvalue weighted by atomic mass is 10.1. The van der Waals surface area contributed by atoms with Gasteiger partial charge >= 0.3 is 0 Å². The second-order valence-corrected chi connectivity index (χ2v) is 13.0. The second kappa shape index (κ2) is 12.3. The molecular formula is C28H31BrClN3O4S. The molecule has 1 atom stereocenters. The third-order valence-electron chi connectivity index (χ3n) is 5.67. The molecule has 0 saturated heterocycles. The third-order valence-corrected chi connectivity index (χ3v) is 8.32. The monoisotopic (exact) mass is 619 g/mol. The summed E-state index contributed by atoms with van der Waals surface area (Å²) in [5.41, 5.74) is 0.419. The van der Waals surface area contributed by atoms with Crippen molar-refractivity contribution in [3.05, 3.63) is 93.9 Å². The lowest BCUT2D eigenvalue weighted by Crippen LogP contribution is -2.54. The number of carbonyl (C=O) groups excluding carboxylic acids is 2. The number of nitrogens with zero attached hydrogens (tertiary/aromatic N) is 2. The highest BCUT2D eigenvalue weighted by Crippen LogP contribution is 2.27. The van der Waals surface area contributed by atoms with Crippen LogP contribution in [0, 0.1) is 0 Å². The Hall–Kier alpha value is -2.88. The van der Waals surface area contributed by atoms with Crippen LogP contribution in [-0.2, 0) is 26.2 Å². The van der Waals surface area contributed by atoms with Crippen LogP contribution in [0.2, 0.25) is 5.02 Å². The number of amides is 2. The van der Waals surface area contributed by atoms with E-state index in [0.717, 1.165) is 4.31 Å². The molecule has 1 N–H and O–H groups in total. The number of sulfonamides is 1. The van der Waals surface area contributed by atoms with Crippen LogP contribution in [-0.4, -0.2) is 43.3 Å². The van der Waals surface area contributed by atoms with Gasteiger partial charge in [0.15, 0.2) is 0 Å². The lowest BCUT2D eigenvalue weighted by molar-refractivity contribution is -0.140. The van der Waals surface area contributed by atoms with Gasteiger partial charge in [-0.05, 0) is 69.7 Å². The Labute approximate surface area is 238 Å². The maximum absolute atomic E-state index is 13.9. The zero-order valence-electron chi connectivity index (χ0n) is 21.7. The number of carbonyl (C=O) groups is 2. The van der Waals surface area contributed by atoms with Gasteiger partial charge in [0.05, 0.1) is 10.6 Å². The highest BCUT2D eigenvalue weighted by molar-refractivity contribution is 9.10. The second-order valence-electron chi connectivity index (χ2n) is 9.83. The molecule has 0 aliphatic heterocycles. The number of rotatable bonds is 9. The van der Waals surface area contributed by atoms with Gasteiger partial charge in [-0.2, -0.15) is 0 Å². The van der Waals surface area contributed by atoms with Crippen LogP contribution in [0.3, 0.4) is 0 Å². The Bertz CT molecular complexity index is 1390. The predicted molar refractivity (Wildman–Crippen MR) is 154 cm³/mol. The molecule has 0 saturated carbocycles. The molecule has 202 valence electrons. The number of anilines is 1. The van der Waals surface area contributed by atoms with E-state index in [4.69, 9.17) is 11.6 Å². The fourth-order valence-electron chi connectivity index (χ4n) is 3.75. The fraction of sp³-hybridized carbons (Fsp3) is 0.286. The molecule has 0 bridgehead atoms. The number of hydrogen-bond donors (Lipinski definition) is 1. The molecule has 10 heteroatoms. The number of halogens is 2. The van der Waals surface area contributed by atoms with Crippen molar-refractivity contribution in [2.45, 2.75) is 50.7 Å². The highest BCUT2D eigenvalue weighted by Gasteiger charge is 2.33. The Morgan fingerprint density at radius 1 is 0.974 bits per heavy atom. The molecule has 0 aliphatic rings. The van der Waals surface area contributed by atoms with Crippen LogP contribution < -0.4 is 9.62 Å². The summed E-state index contributed by atoms with van der Waals surface area (Å²) < 4.78 is 29.2. The van der Waals surface area contributed by atoms with Gasteiger partial charge in [0.25, 0.3) is 10.0 Å². The summed E-state index contributed by atoms with van der Waals surface area (Å²) in [5.74, 6) is -0.918. The molecule has 3 aromatic rings. The van der Waals surface area contributed by atoms with E-state index in [9.17, 15) is 18.0 Å². The summed E-state index contributed by atoms with van der Waals surface area (Å²) >= 11 is 9.77. The van der Waals surface area contributed by atoms with Gasteiger partial charge in [0.2, 0.25) is 11.8 Å². The minimum Gasteiger partial charge on any atom is -0.350 e. The van der Waals surface area contributed by atoms with Crippen molar-refractivity contribution >= 4 is 55.1 Å². The first kappa shape index (κ1) is 29.7. The summed E-state index contributed by atoms with van der Waals surface area (Å²) in [7, 11) is -4.12. The van der Waals surface area contributed by atoms with Crippen molar-refractivity contribution in [2.24, 2.45) is 0 Å². The number of nitrogens with one attached hydrogen (secondary N) is 1. The molecule has 0 aromatic heterocycles. The average Bonchev–Trinajstić information content (AvgIpc) is 2.85. The standard InChI is InChI=1S/C28H31BrClN3O4S/c1-20(27(35)31-28(2,3)4)32(18-21-11-8-9-16-25(21)30)26(34)19-33(23-13-10-12-22(29)17-23)38(36,37)24-14-6-5-7-15-24/h5-17,20H,18-19H2,1-4H3,(H,31,35)/t20-/m1/s1. The van der Waals surface area contributed by atoms with Crippen molar-refractivity contribution in [1.29, 1.82) is 0 Å². The maximum atomic E-state index is 13.9. The smallest absolute Gasteiger partial charge is 0.264 e. The highest BCUT2D eigenvalue weighted by atomic mass is 79.9. The Morgan fingerprint density at radius 2 is 1.61 bits per heavy atom. The van der Waals surface area contributed by atoms with Crippen LogP contribution in [0.25, 0.3) is 0 Å². The zero-order chi connectivity index (χ0) is 28.1. The summed E-state index contributed by atoms with van der Waals surface area (Å²) in [6, 6.07) is 20.7. The molecule has 3 rings (SSSR count). The van der Waals surface area contributed by atoms with Gasteiger partial charge < -0.3 is 10.2 Å². The number of hydrogen-bond acceptors (Lipinski definition) is 4. The minimum absolute atomic E-state index is 0.0228. The van der Waals surface area contributed by atoms with Crippen LogP contribution in [0.5, 0.6) is 0 Å². The molecule has 38 heavy (non-hydrogen) atoms. The largest absolute Gasteiger partial charge is 0.350 e. The molecule has 7 nitrogen and oxygen atoms in total. The van der Waals surface area contributed by atoms with Crippen LogP contribution in [0.1, 0.15) is 33.3 Å². The first-order valence-corrected chi connectivity index (χ1v) is 14.6. The summed E-state index contributed by atoms with van der Waals surface area (Å²) in [5, 5.41) is 3.34.